The van der Waals surface area contributed by atoms with E-state index in [-0.39, 0.29) is 5.82 Å². The highest BCUT2D eigenvalue weighted by Gasteiger charge is 2.12. The Morgan fingerprint density at radius 3 is 2.53 bits per heavy atom. The molecule has 0 bridgehead atoms. The second-order valence-corrected chi connectivity index (χ2v) is 5.07. The Balaban J connectivity index is 1.88. The van der Waals surface area contributed by atoms with E-state index in [1.807, 2.05) is 6.07 Å². The minimum Gasteiger partial charge on any atom is -0.207 e. The number of benzene rings is 2. The van der Waals surface area contributed by atoms with Crippen LogP contribution in [0.15, 0.2) is 48.5 Å². The maximum atomic E-state index is 13.2. The Morgan fingerprint density at radius 2 is 1.79 bits per heavy atom. The van der Waals surface area contributed by atoms with Gasteiger partial charge >= 0.3 is 0 Å². The molecule has 2 aromatic rings. The standard InChI is InChI=1S/C18H17F/c1-2-13-3-5-14(6-4-13)15-7-8-17-12-18(19)10-9-16(17)11-15/h3-7,9-10,12H,2,8,11H2,1H3. The molecule has 1 heteroatoms. The smallest absolute Gasteiger partial charge is 0.123 e. The summed E-state index contributed by atoms with van der Waals surface area (Å²) < 4.78 is 13.2. The largest absolute Gasteiger partial charge is 0.207 e. The Morgan fingerprint density at radius 1 is 1.00 bits per heavy atom. The van der Waals surface area contributed by atoms with Gasteiger partial charge in [0.1, 0.15) is 5.82 Å². The number of aryl methyl sites for hydroxylation is 1. The van der Waals surface area contributed by atoms with E-state index in [4.69, 9.17) is 0 Å². The molecule has 0 aliphatic heterocycles. The van der Waals surface area contributed by atoms with Gasteiger partial charge in [0.2, 0.25) is 0 Å². The maximum Gasteiger partial charge on any atom is 0.123 e. The van der Waals surface area contributed by atoms with Crippen molar-refractivity contribution in [1.82, 2.24) is 0 Å². The molecule has 96 valence electrons. The lowest BCUT2D eigenvalue weighted by Gasteiger charge is -2.17. The van der Waals surface area contributed by atoms with E-state index in [1.54, 1.807) is 12.1 Å². The first-order chi connectivity index (χ1) is 9.26. The Hall–Kier alpha value is -1.89. The third-order valence-electron chi connectivity index (χ3n) is 3.85. The van der Waals surface area contributed by atoms with Gasteiger partial charge in [0.15, 0.2) is 0 Å². The van der Waals surface area contributed by atoms with Crippen molar-refractivity contribution in [3.63, 3.8) is 0 Å². The second-order valence-electron chi connectivity index (χ2n) is 5.07. The van der Waals surface area contributed by atoms with E-state index in [2.05, 4.69) is 37.3 Å². The van der Waals surface area contributed by atoms with Crippen LogP contribution >= 0.6 is 0 Å². The summed E-state index contributed by atoms with van der Waals surface area (Å²) in [6, 6.07) is 13.9. The summed E-state index contributed by atoms with van der Waals surface area (Å²) >= 11 is 0. The number of hydrogen-bond acceptors (Lipinski definition) is 0. The van der Waals surface area contributed by atoms with Crippen molar-refractivity contribution in [3.8, 4) is 0 Å². The molecule has 3 rings (SSSR count). The van der Waals surface area contributed by atoms with Gasteiger partial charge in [-0.1, -0.05) is 43.3 Å². The van der Waals surface area contributed by atoms with Gasteiger partial charge in [0.25, 0.3) is 0 Å². The zero-order valence-corrected chi connectivity index (χ0v) is 11.1. The van der Waals surface area contributed by atoms with Crippen molar-refractivity contribution in [2.45, 2.75) is 26.2 Å². The second kappa shape index (κ2) is 5.00. The third kappa shape index (κ3) is 2.46. The number of allylic oxidation sites excluding steroid dienone is 2. The minimum absolute atomic E-state index is 0.136. The summed E-state index contributed by atoms with van der Waals surface area (Å²) in [4.78, 5) is 0. The zero-order valence-electron chi connectivity index (χ0n) is 11.1. The van der Waals surface area contributed by atoms with Gasteiger partial charge in [0.05, 0.1) is 0 Å². The van der Waals surface area contributed by atoms with Crippen molar-refractivity contribution in [2.24, 2.45) is 0 Å². The highest BCUT2D eigenvalue weighted by atomic mass is 19.1. The molecular weight excluding hydrogens is 235 g/mol. The lowest BCUT2D eigenvalue weighted by molar-refractivity contribution is 0.625. The molecule has 0 saturated carbocycles. The topological polar surface area (TPSA) is 0 Å². The van der Waals surface area contributed by atoms with Crippen LogP contribution in [0.3, 0.4) is 0 Å². The average molecular weight is 252 g/mol. The van der Waals surface area contributed by atoms with Crippen LogP contribution in [0, 0.1) is 5.82 Å². The van der Waals surface area contributed by atoms with Gasteiger partial charge in [-0.3, -0.25) is 0 Å². The van der Waals surface area contributed by atoms with Gasteiger partial charge in [-0.2, -0.15) is 0 Å². The van der Waals surface area contributed by atoms with Crippen LogP contribution in [0.1, 0.15) is 29.2 Å². The summed E-state index contributed by atoms with van der Waals surface area (Å²) in [6.07, 6.45) is 5.03. The minimum atomic E-state index is -0.136. The van der Waals surface area contributed by atoms with Crippen molar-refractivity contribution in [1.29, 1.82) is 0 Å². The molecule has 0 amide bonds. The van der Waals surface area contributed by atoms with Crippen LogP contribution in [0.25, 0.3) is 5.57 Å². The summed E-state index contributed by atoms with van der Waals surface area (Å²) in [7, 11) is 0. The van der Waals surface area contributed by atoms with E-state index >= 15 is 0 Å². The van der Waals surface area contributed by atoms with Crippen LogP contribution in [0.4, 0.5) is 4.39 Å². The first-order valence-electron chi connectivity index (χ1n) is 6.82. The molecule has 0 fully saturated rings. The lowest BCUT2D eigenvalue weighted by Crippen LogP contribution is -2.03. The quantitative estimate of drug-likeness (QED) is 0.734. The Kier molecular flexibility index (Phi) is 3.20. The molecule has 2 aromatic carbocycles. The number of rotatable bonds is 2. The summed E-state index contributed by atoms with van der Waals surface area (Å²) in [6.45, 7) is 2.17. The van der Waals surface area contributed by atoms with Crippen LogP contribution in [0.2, 0.25) is 0 Å². The fourth-order valence-electron chi connectivity index (χ4n) is 2.64. The van der Waals surface area contributed by atoms with Crippen molar-refractivity contribution < 1.29 is 4.39 Å². The van der Waals surface area contributed by atoms with Crippen LogP contribution < -0.4 is 0 Å². The molecule has 0 spiro atoms. The highest BCUT2D eigenvalue weighted by molar-refractivity contribution is 5.70. The Bertz CT molecular complexity index is 621. The lowest BCUT2D eigenvalue weighted by atomic mass is 9.88. The summed E-state index contributed by atoms with van der Waals surface area (Å²) in [5.74, 6) is -0.136. The summed E-state index contributed by atoms with van der Waals surface area (Å²) in [5, 5.41) is 0. The Labute approximate surface area is 113 Å². The first kappa shape index (κ1) is 12.2. The maximum absolute atomic E-state index is 13.2. The van der Waals surface area contributed by atoms with E-state index in [9.17, 15) is 4.39 Å². The van der Waals surface area contributed by atoms with E-state index in [0.717, 1.165) is 24.8 Å². The van der Waals surface area contributed by atoms with E-state index < -0.39 is 0 Å². The molecule has 0 nitrogen and oxygen atoms in total. The molecule has 0 atom stereocenters. The van der Waals surface area contributed by atoms with Crippen LogP contribution in [-0.2, 0) is 19.3 Å². The van der Waals surface area contributed by atoms with Gasteiger partial charge < -0.3 is 0 Å². The highest BCUT2D eigenvalue weighted by Crippen LogP contribution is 2.28. The third-order valence-corrected chi connectivity index (χ3v) is 3.85. The molecule has 0 radical (unpaired) electrons. The van der Waals surface area contributed by atoms with E-state index in [0.29, 0.717) is 0 Å². The molecular formula is C18H17F. The van der Waals surface area contributed by atoms with Crippen molar-refractivity contribution in [3.05, 3.63) is 76.6 Å². The van der Waals surface area contributed by atoms with Gasteiger partial charge in [-0.15, -0.1) is 0 Å². The molecule has 1 aliphatic carbocycles. The molecule has 0 unspecified atom stereocenters. The zero-order chi connectivity index (χ0) is 13.2. The predicted octanol–water partition coefficient (Wildman–Crippen LogP) is 4.57. The van der Waals surface area contributed by atoms with Crippen LogP contribution in [0.5, 0.6) is 0 Å². The van der Waals surface area contributed by atoms with Gasteiger partial charge in [-0.05, 0) is 59.2 Å². The molecule has 19 heavy (non-hydrogen) atoms. The number of fused-ring (bicyclic) bond motifs is 1. The molecule has 0 aromatic heterocycles. The van der Waals surface area contributed by atoms with Crippen LogP contribution in [-0.4, -0.2) is 0 Å². The predicted molar refractivity (Wildman–Crippen MR) is 77.6 cm³/mol. The fourth-order valence-corrected chi connectivity index (χ4v) is 2.64. The monoisotopic (exact) mass is 252 g/mol. The molecule has 0 N–H and O–H groups in total. The number of halogens is 1. The molecule has 0 saturated heterocycles. The van der Waals surface area contributed by atoms with Gasteiger partial charge in [-0.25, -0.2) is 4.39 Å². The normalized spacial score (nSPS) is 13.9. The molecule has 0 heterocycles. The van der Waals surface area contributed by atoms with Gasteiger partial charge in [0, 0.05) is 0 Å². The number of hydrogen-bond donors (Lipinski definition) is 0. The summed E-state index contributed by atoms with van der Waals surface area (Å²) in [5.41, 5.74) is 6.36. The fraction of sp³-hybridized carbons (Fsp3) is 0.222. The van der Waals surface area contributed by atoms with E-state index in [1.165, 1.54) is 22.3 Å². The van der Waals surface area contributed by atoms with Crippen molar-refractivity contribution in [2.75, 3.05) is 0 Å². The average Bonchev–Trinajstić information content (AvgIpc) is 2.47. The first-order valence-corrected chi connectivity index (χ1v) is 6.82. The van der Waals surface area contributed by atoms with Crippen molar-refractivity contribution >= 4 is 5.57 Å². The molecule has 1 aliphatic rings. The SMILES string of the molecule is CCc1ccc(C2=CCc3cc(F)ccc3C2)cc1.